The van der Waals surface area contributed by atoms with Gasteiger partial charge >= 0.3 is 0 Å². The smallest absolute Gasteiger partial charge is 0.265 e. The van der Waals surface area contributed by atoms with Gasteiger partial charge in [0.2, 0.25) is 10.0 Å². The summed E-state index contributed by atoms with van der Waals surface area (Å²) in [4.78, 5) is 14.5. The fraction of sp³-hybridized carbons (Fsp3) is 0.450. The van der Waals surface area contributed by atoms with Crippen molar-refractivity contribution < 1.29 is 22.7 Å². The van der Waals surface area contributed by atoms with Crippen LogP contribution in [0.2, 0.25) is 0 Å². The molecular weight excluding hydrogens is 412 g/mol. The lowest BCUT2D eigenvalue weighted by Crippen LogP contribution is -2.40. The van der Waals surface area contributed by atoms with E-state index in [4.69, 9.17) is 9.47 Å². The Morgan fingerprint density at radius 3 is 2.59 bits per heavy atom. The molecule has 1 aromatic heterocycles. The van der Waals surface area contributed by atoms with Crippen LogP contribution in [0.5, 0.6) is 5.75 Å². The van der Waals surface area contributed by atoms with Crippen LogP contribution in [0.3, 0.4) is 0 Å². The second-order valence-electron chi connectivity index (χ2n) is 6.64. The van der Waals surface area contributed by atoms with Crippen molar-refractivity contribution in [2.24, 2.45) is 0 Å². The Morgan fingerprint density at radius 2 is 1.97 bits per heavy atom. The van der Waals surface area contributed by atoms with Gasteiger partial charge in [0.05, 0.1) is 24.7 Å². The fourth-order valence-corrected chi connectivity index (χ4v) is 5.74. The Hall–Kier alpha value is -1.94. The number of morpholine rings is 1. The van der Waals surface area contributed by atoms with Crippen LogP contribution in [-0.2, 0) is 21.2 Å². The number of sulfonamides is 1. The molecule has 1 saturated heterocycles. The molecule has 158 valence electrons. The Balaban J connectivity index is 1.90. The molecule has 1 N–H and O–H groups in total. The highest BCUT2D eigenvalue weighted by Gasteiger charge is 2.30. The highest BCUT2D eigenvalue weighted by molar-refractivity contribution is 7.89. The predicted molar refractivity (Wildman–Crippen MR) is 114 cm³/mol. The molecule has 1 aromatic carbocycles. The Morgan fingerprint density at radius 1 is 1.24 bits per heavy atom. The zero-order valence-electron chi connectivity index (χ0n) is 16.9. The van der Waals surface area contributed by atoms with E-state index in [1.165, 1.54) is 21.7 Å². The van der Waals surface area contributed by atoms with Crippen molar-refractivity contribution in [3.8, 4) is 5.75 Å². The van der Waals surface area contributed by atoms with Gasteiger partial charge in [0.25, 0.3) is 5.91 Å². The third-order valence-electron chi connectivity index (χ3n) is 4.65. The van der Waals surface area contributed by atoms with Gasteiger partial charge in [-0.15, -0.1) is 11.3 Å². The molecule has 0 atom stereocenters. The van der Waals surface area contributed by atoms with E-state index >= 15 is 0 Å². The van der Waals surface area contributed by atoms with Gasteiger partial charge in [-0.25, -0.2) is 8.42 Å². The Kier molecular flexibility index (Phi) is 6.94. The number of thiophene rings is 1. The first-order valence-electron chi connectivity index (χ1n) is 9.62. The van der Waals surface area contributed by atoms with E-state index in [9.17, 15) is 13.2 Å². The number of rotatable bonds is 7. The maximum atomic E-state index is 13.2. The van der Waals surface area contributed by atoms with Crippen molar-refractivity contribution in [3.05, 3.63) is 39.6 Å². The van der Waals surface area contributed by atoms with Gasteiger partial charge in [0, 0.05) is 23.7 Å². The molecule has 7 nitrogen and oxygen atoms in total. The van der Waals surface area contributed by atoms with Crippen molar-refractivity contribution in [1.82, 2.24) is 4.31 Å². The number of benzene rings is 1. The number of amides is 1. The molecule has 2 aromatic rings. The summed E-state index contributed by atoms with van der Waals surface area (Å²) in [7, 11) is -3.76. The van der Waals surface area contributed by atoms with Crippen LogP contribution in [0, 0.1) is 6.92 Å². The molecule has 1 aliphatic rings. The third kappa shape index (κ3) is 4.80. The molecule has 0 unspecified atom stereocenters. The number of carbonyl (C=O) groups excluding carboxylic acids is 1. The first kappa shape index (κ1) is 21.8. The molecule has 1 fully saturated rings. The average molecular weight is 439 g/mol. The van der Waals surface area contributed by atoms with Gasteiger partial charge in [-0.2, -0.15) is 4.31 Å². The van der Waals surface area contributed by atoms with Crippen LogP contribution in [0.25, 0.3) is 0 Å². The summed E-state index contributed by atoms with van der Waals surface area (Å²) in [5.74, 6) is 0.0221. The summed E-state index contributed by atoms with van der Waals surface area (Å²) in [6.45, 7) is 7.47. The van der Waals surface area contributed by atoms with Gasteiger partial charge in [0.15, 0.2) is 0 Å². The topological polar surface area (TPSA) is 84.9 Å². The summed E-state index contributed by atoms with van der Waals surface area (Å²) in [6, 6.07) is 6.57. The molecule has 29 heavy (non-hydrogen) atoms. The normalized spacial score (nSPS) is 15.3. The number of hydrogen-bond acceptors (Lipinski definition) is 6. The lowest BCUT2D eigenvalue weighted by molar-refractivity contribution is 0.0729. The van der Waals surface area contributed by atoms with E-state index in [1.807, 2.05) is 13.0 Å². The lowest BCUT2D eigenvalue weighted by atomic mass is 10.2. The number of anilines is 1. The van der Waals surface area contributed by atoms with Crippen molar-refractivity contribution in [1.29, 1.82) is 0 Å². The number of ether oxygens (including phenoxy) is 2. The summed E-state index contributed by atoms with van der Waals surface area (Å²) < 4.78 is 38.5. The summed E-state index contributed by atoms with van der Waals surface area (Å²) in [5, 5.41) is 2.82. The summed E-state index contributed by atoms with van der Waals surface area (Å²) in [6.07, 6.45) is 0.870. The summed E-state index contributed by atoms with van der Waals surface area (Å²) >= 11 is 1.45. The molecule has 1 amide bonds. The molecule has 2 heterocycles. The molecule has 9 heteroatoms. The first-order chi connectivity index (χ1) is 13.9. The SMILES string of the molecule is CCOc1ccc(NC(=O)c2cc(C)c(CC)s2)cc1S(=O)(=O)N1CCOCC1. The van der Waals surface area contributed by atoms with E-state index in [0.29, 0.717) is 43.5 Å². The molecule has 0 bridgehead atoms. The lowest BCUT2D eigenvalue weighted by Gasteiger charge is -2.27. The van der Waals surface area contributed by atoms with E-state index in [-0.39, 0.29) is 16.6 Å². The quantitative estimate of drug-likeness (QED) is 0.717. The van der Waals surface area contributed by atoms with Crippen molar-refractivity contribution in [2.45, 2.75) is 32.1 Å². The maximum Gasteiger partial charge on any atom is 0.265 e. The highest BCUT2D eigenvalue weighted by atomic mass is 32.2. The van der Waals surface area contributed by atoms with Gasteiger partial charge in [-0.3, -0.25) is 4.79 Å². The van der Waals surface area contributed by atoms with Gasteiger partial charge < -0.3 is 14.8 Å². The molecule has 0 radical (unpaired) electrons. The van der Waals surface area contributed by atoms with Gasteiger partial charge in [-0.05, 0) is 50.1 Å². The number of aryl methyl sites for hydroxylation is 2. The number of hydrogen-bond donors (Lipinski definition) is 1. The minimum Gasteiger partial charge on any atom is -0.492 e. The van der Waals surface area contributed by atoms with E-state index in [2.05, 4.69) is 12.2 Å². The third-order valence-corrected chi connectivity index (χ3v) is 7.95. The van der Waals surface area contributed by atoms with Gasteiger partial charge in [-0.1, -0.05) is 6.92 Å². The van der Waals surface area contributed by atoms with Crippen LogP contribution in [0.1, 0.15) is 34.0 Å². The Labute approximate surface area is 175 Å². The van der Waals surface area contributed by atoms with E-state index in [1.54, 1.807) is 19.1 Å². The zero-order chi connectivity index (χ0) is 21.0. The highest BCUT2D eigenvalue weighted by Crippen LogP contribution is 2.31. The van der Waals surface area contributed by atoms with Crippen LogP contribution in [-0.4, -0.2) is 51.5 Å². The zero-order valence-corrected chi connectivity index (χ0v) is 18.5. The molecule has 3 rings (SSSR count). The van der Waals surface area contributed by atoms with Crippen molar-refractivity contribution >= 4 is 33.0 Å². The van der Waals surface area contributed by atoms with Gasteiger partial charge in [0.1, 0.15) is 10.6 Å². The molecule has 1 aliphatic heterocycles. The average Bonchev–Trinajstić information content (AvgIpc) is 3.11. The van der Waals surface area contributed by atoms with E-state index in [0.717, 1.165) is 16.9 Å². The largest absolute Gasteiger partial charge is 0.492 e. The number of carbonyl (C=O) groups is 1. The monoisotopic (exact) mass is 438 g/mol. The maximum absolute atomic E-state index is 13.2. The molecule has 0 aliphatic carbocycles. The van der Waals surface area contributed by atoms with Crippen LogP contribution >= 0.6 is 11.3 Å². The van der Waals surface area contributed by atoms with Crippen LogP contribution < -0.4 is 10.1 Å². The van der Waals surface area contributed by atoms with Crippen molar-refractivity contribution in [3.63, 3.8) is 0 Å². The second-order valence-corrected chi connectivity index (χ2v) is 9.68. The predicted octanol–water partition coefficient (Wildman–Crippen LogP) is 3.29. The second kappa shape index (κ2) is 9.25. The van der Waals surface area contributed by atoms with E-state index < -0.39 is 10.0 Å². The minimum atomic E-state index is -3.76. The standard InChI is InChI=1S/C20H26N2O5S2/c1-4-17-14(3)12-18(28-17)20(23)21-15-6-7-16(27-5-2)19(13-15)29(24,25)22-8-10-26-11-9-22/h6-7,12-13H,4-5,8-11H2,1-3H3,(H,21,23). The number of nitrogens with one attached hydrogen (secondary N) is 1. The van der Waals surface area contributed by atoms with Crippen LogP contribution in [0.15, 0.2) is 29.2 Å². The number of nitrogens with zero attached hydrogens (tertiary/aromatic N) is 1. The molecular formula is C20H26N2O5S2. The minimum absolute atomic E-state index is 0.0515. The molecule has 0 spiro atoms. The molecule has 0 saturated carbocycles. The first-order valence-corrected chi connectivity index (χ1v) is 11.9. The Bertz CT molecular complexity index is 979. The van der Waals surface area contributed by atoms with Crippen LogP contribution in [0.4, 0.5) is 5.69 Å². The summed E-state index contributed by atoms with van der Waals surface area (Å²) in [5.41, 5.74) is 1.50. The van der Waals surface area contributed by atoms with Crippen molar-refractivity contribution in [2.75, 3.05) is 38.2 Å². The fourth-order valence-electron chi connectivity index (χ4n) is 3.16.